The third-order valence-corrected chi connectivity index (χ3v) is 7.29. The van der Waals surface area contributed by atoms with Crippen molar-refractivity contribution in [3.8, 4) is 0 Å². The van der Waals surface area contributed by atoms with Gasteiger partial charge in [0.2, 0.25) is 5.91 Å². The minimum atomic E-state index is -1.09. The number of halogens is 3. The van der Waals surface area contributed by atoms with E-state index in [-0.39, 0.29) is 23.2 Å². The second-order valence-corrected chi connectivity index (χ2v) is 9.32. The molecule has 2 aliphatic heterocycles. The van der Waals surface area contributed by atoms with Crippen LogP contribution in [0.15, 0.2) is 35.1 Å². The molecule has 3 aliphatic rings. The van der Waals surface area contributed by atoms with Gasteiger partial charge in [-0.3, -0.25) is 9.69 Å². The summed E-state index contributed by atoms with van der Waals surface area (Å²) in [6, 6.07) is 6.76. The molecule has 2 aromatic rings. The Morgan fingerprint density at radius 1 is 1.38 bits per heavy atom. The lowest BCUT2D eigenvalue weighted by molar-refractivity contribution is -0.128. The third-order valence-electron chi connectivity index (χ3n) is 6.51. The average molecular weight is 481 g/mol. The van der Waals surface area contributed by atoms with Crippen LogP contribution in [0.4, 0.5) is 10.1 Å². The lowest BCUT2D eigenvalue weighted by Gasteiger charge is -2.39. The highest BCUT2D eigenvalue weighted by atomic mass is 79.9. The maximum atomic E-state index is 15.1. The van der Waals surface area contributed by atoms with Gasteiger partial charge in [0.1, 0.15) is 10.1 Å². The van der Waals surface area contributed by atoms with Gasteiger partial charge in [0, 0.05) is 41.0 Å². The van der Waals surface area contributed by atoms with Gasteiger partial charge in [-0.25, -0.2) is 9.37 Å². The van der Waals surface area contributed by atoms with Crippen molar-refractivity contribution in [1.82, 2.24) is 9.88 Å². The van der Waals surface area contributed by atoms with E-state index in [1.807, 2.05) is 6.07 Å². The van der Waals surface area contributed by atoms with Crippen LogP contribution in [0.1, 0.15) is 36.3 Å². The van der Waals surface area contributed by atoms with Crippen LogP contribution in [0.2, 0.25) is 5.02 Å². The van der Waals surface area contributed by atoms with E-state index in [0.29, 0.717) is 35.2 Å². The maximum absolute atomic E-state index is 15.1. The number of fused-ring (bicyclic) bond motifs is 2. The summed E-state index contributed by atoms with van der Waals surface area (Å²) in [5, 5.41) is 13.7. The quantitative estimate of drug-likeness (QED) is 0.648. The summed E-state index contributed by atoms with van der Waals surface area (Å²) in [6.45, 7) is 0.611. The number of rotatable bonds is 4. The number of anilines is 1. The Labute approximate surface area is 181 Å². The number of pyridine rings is 1. The SMILES string of the molecule is O=C1Nc2cc(Cl)ccc2[C@@]12[C@@H](c1ccnc(Br)c1F)C[C@H](CO)N2CC1CC1. The van der Waals surface area contributed by atoms with Crippen molar-refractivity contribution < 1.29 is 14.3 Å². The minimum absolute atomic E-state index is 0.0882. The standard InChI is InChI=1S/C21H20BrClFN3O2/c22-19-18(24)14(5-6-25-19)16-8-13(10-28)27(9-11-1-2-11)21(16)15-4-3-12(23)7-17(15)26-20(21)29/h3-7,11,13,16,28H,1-2,8-10H2,(H,26,29)/t13-,16-,21-/m1/s1. The zero-order chi connectivity index (χ0) is 20.3. The van der Waals surface area contributed by atoms with Gasteiger partial charge in [0.15, 0.2) is 5.82 Å². The van der Waals surface area contributed by atoms with Gasteiger partial charge < -0.3 is 10.4 Å². The van der Waals surface area contributed by atoms with Crippen molar-refractivity contribution in [2.45, 2.75) is 36.8 Å². The Kier molecular flexibility index (Phi) is 4.70. The summed E-state index contributed by atoms with van der Waals surface area (Å²) in [5.74, 6) is -0.612. The van der Waals surface area contributed by atoms with Crippen molar-refractivity contribution in [2.75, 3.05) is 18.5 Å². The van der Waals surface area contributed by atoms with Crippen LogP contribution in [0.3, 0.4) is 0 Å². The number of likely N-dealkylation sites (tertiary alicyclic amines) is 1. The first-order chi connectivity index (χ1) is 14.0. The van der Waals surface area contributed by atoms with Crippen molar-refractivity contribution >= 4 is 39.1 Å². The van der Waals surface area contributed by atoms with E-state index in [1.165, 1.54) is 0 Å². The highest BCUT2D eigenvalue weighted by molar-refractivity contribution is 9.10. The Balaban J connectivity index is 1.74. The first kappa shape index (κ1) is 19.4. The van der Waals surface area contributed by atoms with Crippen LogP contribution < -0.4 is 5.32 Å². The van der Waals surface area contributed by atoms with Gasteiger partial charge in [-0.05, 0) is 64.9 Å². The molecule has 2 N–H and O–H groups in total. The molecular weight excluding hydrogens is 461 g/mol. The first-order valence-electron chi connectivity index (χ1n) is 9.75. The van der Waals surface area contributed by atoms with Crippen LogP contribution in [-0.2, 0) is 10.3 Å². The highest BCUT2D eigenvalue weighted by Gasteiger charge is 2.63. The first-order valence-corrected chi connectivity index (χ1v) is 10.9. The van der Waals surface area contributed by atoms with E-state index < -0.39 is 17.3 Å². The smallest absolute Gasteiger partial charge is 0.250 e. The fourth-order valence-electron chi connectivity index (χ4n) is 5.08. The molecule has 5 nitrogen and oxygen atoms in total. The van der Waals surface area contributed by atoms with Gasteiger partial charge in [-0.1, -0.05) is 17.7 Å². The van der Waals surface area contributed by atoms with Crippen LogP contribution in [0, 0.1) is 11.7 Å². The van der Waals surface area contributed by atoms with E-state index in [4.69, 9.17) is 11.6 Å². The van der Waals surface area contributed by atoms with Crippen molar-refractivity contribution in [3.05, 3.63) is 57.0 Å². The summed E-state index contributed by atoms with van der Waals surface area (Å²) in [7, 11) is 0. The molecule has 3 atom stereocenters. The van der Waals surface area contributed by atoms with Gasteiger partial charge in [0.25, 0.3) is 0 Å². The second kappa shape index (κ2) is 7.01. The number of nitrogens with one attached hydrogen (secondary N) is 1. The van der Waals surface area contributed by atoms with Crippen LogP contribution in [0.5, 0.6) is 0 Å². The number of carbonyl (C=O) groups is 1. The molecule has 1 spiro atoms. The van der Waals surface area contributed by atoms with E-state index in [9.17, 15) is 9.90 Å². The Morgan fingerprint density at radius 3 is 2.90 bits per heavy atom. The largest absolute Gasteiger partial charge is 0.395 e. The molecule has 0 unspecified atom stereocenters. The molecule has 1 aliphatic carbocycles. The topological polar surface area (TPSA) is 65.5 Å². The molecule has 8 heteroatoms. The number of hydrogen-bond donors (Lipinski definition) is 2. The Hall–Kier alpha value is -1.54. The van der Waals surface area contributed by atoms with Gasteiger partial charge in [-0.2, -0.15) is 0 Å². The molecule has 1 saturated carbocycles. The zero-order valence-electron chi connectivity index (χ0n) is 15.5. The summed E-state index contributed by atoms with van der Waals surface area (Å²) in [6.07, 6.45) is 4.24. The highest BCUT2D eigenvalue weighted by Crippen LogP contribution is 2.58. The summed E-state index contributed by atoms with van der Waals surface area (Å²) in [5.41, 5.74) is 0.792. The monoisotopic (exact) mass is 479 g/mol. The number of hydrogen-bond acceptors (Lipinski definition) is 4. The molecule has 1 amide bonds. The van der Waals surface area contributed by atoms with E-state index in [2.05, 4.69) is 31.1 Å². The predicted molar refractivity (Wildman–Crippen MR) is 111 cm³/mol. The molecule has 0 radical (unpaired) electrons. The maximum Gasteiger partial charge on any atom is 0.250 e. The molecule has 1 aromatic carbocycles. The molecule has 29 heavy (non-hydrogen) atoms. The lowest BCUT2D eigenvalue weighted by Crippen LogP contribution is -2.53. The van der Waals surface area contributed by atoms with Gasteiger partial charge in [0.05, 0.1) is 6.61 Å². The van der Waals surface area contributed by atoms with Crippen molar-refractivity contribution in [3.63, 3.8) is 0 Å². The van der Waals surface area contributed by atoms with Crippen molar-refractivity contribution in [1.29, 1.82) is 0 Å². The Morgan fingerprint density at radius 2 is 2.17 bits per heavy atom. The number of nitrogens with zero attached hydrogens (tertiary/aromatic N) is 2. The van der Waals surface area contributed by atoms with Gasteiger partial charge in [-0.15, -0.1) is 0 Å². The fraction of sp³-hybridized carbons (Fsp3) is 0.429. The Bertz CT molecular complexity index is 1000. The number of aliphatic hydroxyl groups excluding tert-OH is 1. The van der Waals surface area contributed by atoms with E-state index >= 15 is 4.39 Å². The van der Waals surface area contributed by atoms with E-state index in [1.54, 1.807) is 24.4 Å². The van der Waals surface area contributed by atoms with Crippen LogP contribution in [0.25, 0.3) is 0 Å². The van der Waals surface area contributed by atoms with Crippen LogP contribution >= 0.6 is 27.5 Å². The molecule has 1 saturated heterocycles. The summed E-state index contributed by atoms with van der Waals surface area (Å²) >= 11 is 9.35. The summed E-state index contributed by atoms with van der Waals surface area (Å²) < 4.78 is 15.3. The molecule has 3 heterocycles. The lowest BCUT2D eigenvalue weighted by atomic mass is 9.75. The molecule has 2 fully saturated rings. The van der Waals surface area contributed by atoms with Crippen LogP contribution in [-0.4, -0.2) is 40.1 Å². The van der Waals surface area contributed by atoms with Crippen molar-refractivity contribution in [2.24, 2.45) is 5.92 Å². The van der Waals surface area contributed by atoms with Gasteiger partial charge >= 0.3 is 0 Å². The normalized spacial score (nSPS) is 28.8. The third kappa shape index (κ3) is 2.86. The average Bonchev–Trinajstić information content (AvgIpc) is 3.39. The number of aliphatic hydroxyl groups is 1. The summed E-state index contributed by atoms with van der Waals surface area (Å²) in [4.78, 5) is 19.7. The predicted octanol–water partition coefficient (Wildman–Crippen LogP) is 4.04. The number of aromatic nitrogens is 1. The molecular formula is C21H20BrClFN3O2. The zero-order valence-corrected chi connectivity index (χ0v) is 17.9. The second-order valence-electron chi connectivity index (χ2n) is 8.14. The number of benzene rings is 1. The number of carbonyl (C=O) groups excluding carboxylic acids is 1. The molecule has 0 bridgehead atoms. The molecule has 152 valence electrons. The number of amides is 1. The molecule has 1 aromatic heterocycles. The minimum Gasteiger partial charge on any atom is -0.395 e. The van der Waals surface area contributed by atoms with E-state index in [0.717, 1.165) is 18.4 Å². The molecule has 5 rings (SSSR count). The fourth-order valence-corrected chi connectivity index (χ4v) is 5.60.